The fraction of sp³-hybridized carbons (Fsp3) is 0.0909. The van der Waals surface area contributed by atoms with Crippen molar-refractivity contribution in [2.24, 2.45) is 0 Å². The van der Waals surface area contributed by atoms with Crippen LogP contribution in [0.2, 0.25) is 0 Å². The summed E-state index contributed by atoms with van der Waals surface area (Å²) in [6, 6.07) is 23.8. The molecular weight excluding hydrogens is 560 g/mol. The number of hydrogen-bond acceptors (Lipinski definition) is 6. The van der Waals surface area contributed by atoms with Gasteiger partial charge in [-0.1, -0.05) is 78.3 Å². The summed E-state index contributed by atoms with van der Waals surface area (Å²) in [7, 11) is -4.27. The fourth-order valence-corrected chi connectivity index (χ4v) is 4.99. The molecule has 216 valence electrons. The van der Waals surface area contributed by atoms with E-state index in [9.17, 15) is 13.0 Å². The molecule has 10 heteroatoms. The van der Waals surface area contributed by atoms with E-state index >= 15 is 0 Å². The predicted molar refractivity (Wildman–Crippen MR) is 167 cm³/mol. The van der Waals surface area contributed by atoms with Crippen LogP contribution in [-0.2, 0) is 23.2 Å². The van der Waals surface area contributed by atoms with E-state index in [2.05, 4.69) is 39.5 Å². The molecular formula is C33H30N6O3S. The Kier molecular flexibility index (Phi) is 8.70. The number of nitrogens with zero attached hydrogens (tertiary/aromatic N) is 6. The third-order valence-electron chi connectivity index (χ3n) is 6.58. The molecule has 0 aliphatic rings. The highest BCUT2D eigenvalue weighted by molar-refractivity contribution is 7.85. The Bertz CT molecular complexity index is 1980. The van der Waals surface area contributed by atoms with E-state index < -0.39 is 10.1 Å². The summed E-state index contributed by atoms with van der Waals surface area (Å²) in [4.78, 5) is 9.63. The summed E-state index contributed by atoms with van der Waals surface area (Å²) in [5.41, 5.74) is 6.34. The highest BCUT2D eigenvalue weighted by Gasteiger charge is 2.24. The molecule has 0 aliphatic heterocycles. The van der Waals surface area contributed by atoms with Crippen LogP contribution in [0.5, 0.6) is 0 Å². The average Bonchev–Trinajstić information content (AvgIpc) is 3.59. The normalized spacial score (nSPS) is 11.5. The van der Waals surface area contributed by atoms with Crippen molar-refractivity contribution in [1.82, 2.24) is 24.3 Å². The number of hydrogen-bond donors (Lipinski definition) is 0. The van der Waals surface area contributed by atoms with Crippen molar-refractivity contribution in [3.8, 4) is 5.69 Å². The molecule has 0 amide bonds. The van der Waals surface area contributed by atoms with Crippen LogP contribution in [0.3, 0.4) is 0 Å². The molecule has 6 aromatic rings. The van der Waals surface area contributed by atoms with E-state index in [4.69, 9.17) is 9.97 Å². The van der Waals surface area contributed by atoms with Crippen LogP contribution in [0.15, 0.2) is 121 Å². The zero-order chi connectivity index (χ0) is 30.4. The van der Waals surface area contributed by atoms with Gasteiger partial charge in [0, 0.05) is 17.8 Å². The van der Waals surface area contributed by atoms with E-state index in [0.29, 0.717) is 13.1 Å². The number of para-hydroxylation sites is 3. The first-order valence-corrected chi connectivity index (χ1v) is 14.9. The Labute approximate surface area is 250 Å². The van der Waals surface area contributed by atoms with E-state index in [1.807, 2.05) is 90.7 Å². The van der Waals surface area contributed by atoms with Gasteiger partial charge in [-0.05, 0) is 49.4 Å². The van der Waals surface area contributed by atoms with Gasteiger partial charge in [0.2, 0.25) is 5.82 Å². The quantitative estimate of drug-likeness (QED) is 0.132. The van der Waals surface area contributed by atoms with Crippen LogP contribution in [-0.4, -0.2) is 37.3 Å². The molecule has 0 saturated heterocycles. The summed E-state index contributed by atoms with van der Waals surface area (Å²) in [6.07, 6.45) is 11.7. The molecule has 0 spiro atoms. The van der Waals surface area contributed by atoms with Crippen molar-refractivity contribution >= 4 is 44.6 Å². The maximum Gasteiger partial charge on any atom is 0.323 e. The number of benzene rings is 3. The number of aromatic nitrogens is 6. The van der Waals surface area contributed by atoms with Gasteiger partial charge in [0.25, 0.3) is 5.65 Å². The topological polar surface area (TPSA) is 110 Å². The molecule has 0 N–H and O–H groups in total. The molecule has 0 atom stereocenters. The largest absolute Gasteiger partial charge is 0.744 e. The van der Waals surface area contributed by atoms with Gasteiger partial charge < -0.3 is 4.55 Å². The summed E-state index contributed by atoms with van der Waals surface area (Å²) in [5.74, 6) is 0.975. The Hall–Kier alpha value is -5.19. The van der Waals surface area contributed by atoms with Gasteiger partial charge in [-0.3, -0.25) is 0 Å². The molecule has 0 fully saturated rings. The molecule has 0 radical (unpaired) electrons. The van der Waals surface area contributed by atoms with Gasteiger partial charge in [0.05, 0.1) is 29.9 Å². The van der Waals surface area contributed by atoms with Gasteiger partial charge >= 0.3 is 5.65 Å². The minimum Gasteiger partial charge on any atom is -0.744 e. The van der Waals surface area contributed by atoms with Crippen LogP contribution in [0.1, 0.15) is 17.0 Å². The van der Waals surface area contributed by atoms with Crippen LogP contribution < -0.4 is 4.57 Å². The lowest BCUT2D eigenvalue weighted by Gasteiger charge is -2.05. The molecule has 3 aromatic heterocycles. The lowest BCUT2D eigenvalue weighted by atomic mass is 10.2. The lowest BCUT2D eigenvalue weighted by molar-refractivity contribution is -0.665. The number of aryl methyl sites for hydroxylation is 1. The van der Waals surface area contributed by atoms with Crippen LogP contribution in [0.25, 0.3) is 40.2 Å². The van der Waals surface area contributed by atoms with Gasteiger partial charge in [-0.2, -0.15) is 5.10 Å². The molecule has 6 rings (SSSR count). The summed E-state index contributed by atoms with van der Waals surface area (Å²) in [6.45, 7) is 10.9. The zero-order valence-corrected chi connectivity index (χ0v) is 24.4. The molecule has 3 heterocycles. The second-order valence-corrected chi connectivity index (χ2v) is 11.1. The van der Waals surface area contributed by atoms with Crippen molar-refractivity contribution in [2.45, 2.75) is 24.9 Å². The van der Waals surface area contributed by atoms with E-state index in [1.165, 1.54) is 12.1 Å². The molecule has 43 heavy (non-hydrogen) atoms. The molecule has 0 aliphatic carbocycles. The van der Waals surface area contributed by atoms with Gasteiger partial charge in [0.1, 0.15) is 15.6 Å². The Morgan fingerprint density at radius 3 is 2.21 bits per heavy atom. The minimum absolute atomic E-state index is 0.178. The number of allylic oxidation sites excluding steroid dienone is 2. The van der Waals surface area contributed by atoms with E-state index in [-0.39, 0.29) is 4.90 Å². The Balaban J connectivity index is 0.000000283. The van der Waals surface area contributed by atoms with Gasteiger partial charge in [-0.25, -0.2) is 27.2 Å². The van der Waals surface area contributed by atoms with Crippen molar-refractivity contribution in [2.75, 3.05) is 0 Å². The first-order valence-electron chi connectivity index (χ1n) is 13.5. The fourth-order valence-electron chi connectivity index (χ4n) is 4.52. The smallest absolute Gasteiger partial charge is 0.323 e. The third-order valence-corrected chi connectivity index (χ3v) is 7.43. The second-order valence-electron chi connectivity index (χ2n) is 9.67. The second kappa shape index (κ2) is 12.8. The average molecular weight is 591 g/mol. The van der Waals surface area contributed by atoms with Crippen molar-refractivity contribution in [1.29, 1.82) is 0 Å². The molecule has 3 aromatic carbocycles. The molecule has 0 saturated carbocycles. The van der Waals surface area contributed by atoms with Crippen molar-refractivity contribution in [3.63, 3.8) is 0 Å². The molecule has 0 bridgehead atoms. The monoisotopic (exact) mass is 590 g/mol. The van der Waals surface area contributed by atoms with Crippen LogP contribution >= 0.6 is 0 Å². The Morgan fingerprint density at radius 2 is 1.56 bits per heavy atom. The maximum absolute atomic E-state index is 10.4. The Morgan fingerprint density at radius 1 is 0.884 bits per heavy atom. The lowest BCUT2D eigenvalue weighted by Crippen LogP contribution is -2.36. The highest BCUT2D eigenvalue weighted by atomic mass is 32.2. The first kappa shape index (κ1) is 29.3. The maximum atomic E-state index is 10.4. The summed E-state index contributed by atoms with van der Waals surface area (Å²) in [5, 5.41) is 4.49. The zero-order valence-electron chi connectivity index (χ0n) is 23.6. The highest BCUT2D eigenvalue weighted by Crippen LogP contribution is 2.19. The number of fused-ring (bicyclic) bond motifs is 2. The summed E-state index contributed by atoms with van der Waals surface area (Å²) >= 11 is 0. The number of imidazole rings is 1. The van der Waals surface area contributed by atoms with Crippen LogP contribution in [0.4, 0.5) is 0 Å². The van der Waals surface area contributed by atoms with Gasteiger partial charge in [0.15, 0.2) is 5.52 Å². The number of rotatable bonds is 8. The molecule has 0 unspecified atom stereocenters. The van der Waals surface area contributed by atoms with E-state index in [1.54, 1.807) is 12.1 Å². The SMILES string of the molecule is C=CCn1c(C=Cc2cnn(-c3ccccc3)c2)[n+](CC=C)c2nc3ccccc3nc21.Cc1ccc(S(=O)(=O)[O-])cc1. The minimum atomic E-state index is -4.27. The van der Waals surface area contributed by atoms with Crippen molar-refractivity contribution < 1.29 is 17.5 Å². The van der Waals surface area contributed by atoms with Gasteiger partial charge in [-0.15, -0.1) is 0 Å². The third kappa shape index (κ3) is 6.66. The van der Waals surface area contributed by atoms with Crippen LogP contribution in [0, 0.1) is 6.92 Å². The van der Waals surface area contributed by atoms with E-state index in [0.717, 1.165) is 45.0 Å². The first-order chi connectivity index (χ1) is 20.8. The predicted octanol–water partition coefficient (Wildman–Crippen LogP) is 5.50. The molecule has 9 nitrogen and oxygen atoms in total. The van der Waals surface area contributed by atoms with Crippen molar-refractivity contribution in [3.05, 3.63) is 134 Å². The standard InChI is InChI=1S/C26H23N6.C7H8O3S/c1-3-16-30-24(15-14-20-18-27-32(19-20)21-10-6-5-7-11-21)31(17-4-2)26-25(30)28-22-12-8-9-13-23(22)29-26;1-6-2-4-7(5-3-6)11(8,9)10/h3-15,18-19H,1-2,16-17H2;2-5H,1H3,(H,8,9,10)/q+1;/p-1. The summed E-state index contributed by atoms with van der Waals surface area (Å²) < 4.78 is 37.3.